The predicted octanol–water partition coefficient (Wildman–Crippen LogP) is 6.56. The van der Waals surface area contributed by atoms with Gasteiger partial charge in [-0.25, -0.2) is 4.98 Å². The van der Waals surface area contributed by atoms with Crippen molar-refractivity contribution in [3.63, 3.8) is 0 Å². The summed E-state index contributed by atoms with van der Waals surface area (Å²) in [5, 5.41) is 2.90. The molecule has 0 saturated heterocycles. The molecule has 0 aliphatic heterocycles. The van der Waals surface area contributed by atoms with E-state index in [2.05, 4.69) is 46.3 Å². The van der Waals surface area contributed by atoms with Gasteiger partial charge in [0, 0.05) is 25.7 Å². The number of rotatable bonds is 14. The molecular weight excluding hydrogens is 596 g/mol. The molecule has 1 atom stereocenters. The first-order valence-corrected chi connectivity index (χ1v) is 16.9. The van der Waals surface area contributed by atoms with Crippen molar-refractivity contribution in [3.05, 3.63) is 162 Å². The van der Waals surface area contributed by atoms with Gasteiger partial charge in [0.25, 0.3) is 5.91 Å². The summed E-state index contributed by atoms with van der Waals surface area (Å²) < 4.78 is 2.08. The van der Waals surface area contributed by atoms with E-state index < -0.39 is 23.3 Å². The molecule has 0 spiro atoms. The molecular formula is C41H42N4O3. The van der Waals surface area contributed by atoms with Crippen molar-refractivity contribution < 1.29 is 14.4 Å². The van der Waals surface area contributed by atoms with Gasteiger partial charge in [0.1, 0.15) is 11.6 Å². The number of hydrogen-bond donors (Lipinski definition) is 1. The molecule has 1 aliphatic carbocycles. The molecule has 1 fully saturated rings. The zero-order valence-corrected chi connectivity index (χ0v) is 27.2. The largest absolute Gasteiger partial charge is 0.349 e. The van der Waals surface area contributed by atoms with E-state index in [9.17, 15) is 14.4 Å². The van der Waals surface area contributed by atoms with Gasteiger partial charge in [0.15, 0.2) is 0 Å². The van der Waals surface area contributed by atoms with Gasteiger partial charge in [0.05, 0.1) is 12.0 Å². The summed E-state index contributed by atoms with van der Waals surface area (Å²) in [4.78, 5) is 46.2. The summed E-state index contributed by atoms with van der Waals surface area (Å²) in [6.45, 7) is 0.665. The quantitative estimate of drug-likeness (QED) is 0.0849. The summed E-state index contributed by atoms with van der Waals surface area (Å²) in [5.41, 5.74) is 3.81. The molecule has 6 rings (SSSR count). The molecule has 5 aromatic rings. The van der Waals surface area contributed by atoms with Crippen LogP contribution >= 0.6 is 0 Å². The summed E-state index contributed by atoms with van der Waals surface area (Å²) in [5.74, 6) is -0.917. The topological polar surface area (TPSA) is 84.3 Å². The first-order valence-electron chi connectivity index (χ1n) is 16.9. The second-order valence-corrected chi connectivity index (χ2v) is 12.6. The van der Waals surface area contributed by atoms with Crippen molar-refractivity contribution in [2.75, 3.05) is 6.54 Å². The molecule has 1 saturated carbocycles. The van der Waals surface area contributed by atoms with Crippen LogP contribution in [0.2, 0.25) is 0 Å². The number of ketones is 1. The third kappa shape index (κ3) is 7.15. The maximum Gasteiger partial charge on any atom is 0.289 e. The molecule has 4 aromatic carbocycles. The van der Waals surface area contributed by atoms with E-state index >= 15 is 0 Å². The lowest BCUT2D eigenvalue weighted by Gasteiger charge is -2.37. The standard InChI is InChI=1S/C41H42N4O3/c46-31-44(28-33-18-8-2-9-19-33)38(39(47)40(48)42-27-32-16-6-1-7-17-32)26-37-29-45(30-43-37)41(34-20-10-3-11-21-34,35-22-12-4-13-23-35)36-24-14-5-15-25-36/h2-5,8-15,18-25,29-32,38H,1,6-7,16-17,26-28H2,(H,42,48). The normalized spacial score (nSPS) is 14.2. The number of carbonyl (C=O) groups is 3. The third-order valence-electron chi connectivity index (χ3n) is 9.55. The fraction of sp³-hybridized carbons (Fsp3) is 0.268. The highest BCUT2D eigenvalue weighted by atomic mass is 16.2. The SMILES string of the molecule is O=CN(Cc1ccccc1)C(Cc1cn(C(c2ccccc2)(c2ccccc2)c2ccccc2)cn1)C(=O)C(=O)NCC1CCCCC1. The maximum absolute atomic E-state index is 13.9. The summed E-state index contributed by atoms with van der Waals surface area (Å²) in [6.07, 6.45) is 10.1. The number of benzene rings is 4. The van der Waals surface area contributed by atoms with Gasteiger partial charge in [0.2, 0.25) is 12.2 Å². The van der Waals surface area contributed by atoms with E-state index in [4.69, 9.17) is 4.98 Å². The van der Waals surface area contributed by atoms with Crippen LogP contribution in [0.1, 0.15) is 60.1 Å². The smallest absolute Gasteiger partial charge is 0.289 e. The van der Waals surface area contributed by atoms with E-state index in [0.29, 0.717) is 24.6 Å². The van der Waals surface area contributed by atoms with Crippen LogP contribution in [0, 0.1) is 5.92 Å². The van der Waals surface area contributed by atoms with Crippen LogP contribution in [-0.4, -0.2) is 45.1 Å². The van der Waals surface area contributed by atoms with Crippen molar-refractivity contribution in [3.8, 4) is 0 Å². The maximum atomic E-state index is 13.9. The molecule has 1 N–H and O–H groups in total. The highest BCUT2D eigenvalue weighted by Crippen LogP contribution is 2.40. The van der Waals surface area contributed by atoms with E-state index in [1.807, 2.05) is 91.1 Å². The number of Topliss-reactive ketones (excluding diaryl/α,β-unsaturated/α-hetero) is 1. The second-order valence-electron chi connectivity index (χ2n) is 12.6. The van der Waals surface area contributed by atoms with Gasteiger partial charge in [-0.15, -0.1) is 0 Å². The van der Waals surface area contributed by atoms with Crippen LogP contribution in [0.3, 0.4) is 0 Å². The second kappa shape index (κ2) is 15.5. The van der Waals surface area contributed by atoms with Crippen molar-refractivity contribution in [1.29, 1.82) is 0 Å². The molecule has 1 unspecified atom stereocenters. The lowest BCUT2D eigenvalue weighted by atomic mass is 9.77. The van der Waals surface area contributed by atoms with Crippen molar-refractivity contribution in [2.24, 2.45) is 5.92 Å². The van der Waals surface area contributed by atoms with Crippen LogP contribution < -0.4 is 5.32 Å². The van der Waals surface area contributed by atoms with Gasteiger partial charge in [-0.1, -0.05) is 141 Å². The molecule has 0 bridgehead atoms. The Hall–Kier alpha value is -5.30. The fourth-order valence-electron chi connectivity index (χ4n) is 7.08. The Bertz CT molecular complexity index is 1670. The van der Waals surface area contributed by atoms with Gasteiger partial charge < -0.3 is 14.8 Å². The monoisotopic (exact) mass is 638 g/mol. The minimum Gasteiger partial charge on any atom is -0.349 e. The van der Waals surface area contributed by atoms with Gasteiger partial charge in [-0.3, -0.25) is 14.4 Å². The zero-order chi connectivity index (χ0) is 33.2. The van der Waals surface area contributed by atoms with Crippen molar-refractivity contribution in [1.82, 2.24) is 19.8 Å². The van der Waals surface area contributed by atoms with Crippen LogP contribution in [0.5, 0.6) is 0 Å². The number of nitrogens with zero attached hydrogens (tertiary/aromatic N) is 3. The summed E-state index contributed by atoms with van der Waals surface area (Å²) in [7, 11) is 0. The molecule has 1 aromatic heterocycles. The highest BCUT2D eigenvalue weighted by Gasteiger charge is 2.39. The summed E-state index contributed by atoms with van der Waals surface area (Å²) in [6, 6.07) is 39.3. The lowest BCUT2D eigenvalue weighted by molar-refractivity contribution is -0.143. The fourth-order valence-corrected chi connectivity index (χ4v) is 7.08. The minimum absolute atomic E-state index is 0.0860. The first kappa shape index (κ1) is 32.6. The number of carbonyl (C=O) groups excluding carboxylic acids is 3. The van der Waals surface area contributed by atoms with Gasteiger partial charge in [-0.05, 0) is 41.0 Å². The Kier molecular flexibility index (Phi) is 10.6. The van der Waals surface area contributed by atoms with Gasteiger partial charge in [-0.2, -0.15) is 0 Å². The Labute approximate surface area is 282 Å². The lowest BCUT2D eigenvalue weighted by Crippen LogP contribution is -2.49. The summed E-state index contributed by atoms with van der Waals surface area (Å²) >= 11 is 0. The van der Waals surface area contributed by atoms with Crippen LogP contribution in [0.15, 0.2) is 134 Å². The van der Waals surface area contributed by atoms with Crippen LogP contribution in [0.4, 0.5) is 0 Å². The Morgan fingerprint density at radius 1 is 0.792 bits per heavy atom. The molecule has 0 radical (unpaired) electrons. The predicted molar refractivity (Wildman–Crippen MR) is 187 cm³/mol. The zero-order valence-electron chi connectivity index (χ0n) is 27.2. The van der Waals surface area contributed by atoms with Crippen molar-refractivity contribution in [2.45, 2.75) is 56.7 Å². The van der Waals surface area contributed by atoms with E-state index in [-0.39, 0.29) is 13.0 Å². The molecule has 1 heterocycles. The molecule has 1 aliphatic rings. The van der Waals surface area contributed by atoms with E-state index in [1.165, 1.54) is 11.3 Å². The minimum atomic E-state index is -1.03. The van der Waals surface area contributed by atoms with Crippen molar-refractivity contribution >= 4 is 18.1 Å². The van der Waals surface area contributed by atoms with Crippen LogP contribution in [-0.2, 0) is 32.9 Å². The number of aromatic nitrogens is 2. The molecule has 7 nitrogen and oxygen atoms in total. The number of hydrogen-bond acceptors (Lipinski definition) is 4. The van der Waals surface area contributed by atoms with Gasteiger partial charge >= 0.3 is 0 Å². The van der Waals surface area contributed by atoms with Crippen LogP contribution in [0.25, 0.3) is 0 Å². The molecule has 244 valence electrons. The Balaban J connectivity index is 1.37. The third-order valence-corrected chi connectivity index (χ3v) is 9.55. The molecule has 7 heteroatoms. The Morgan fingerprint density at radius 2 is 1.31 bits per heavy atom. The molecule has 2 amide bonds. The average molecular weight is 639 g/mol. The number of imidazole rings is 1. The number of amides is 2. The first-order chi connectivity index (χ1) is 23.6. The number of nitrogens with one attached hydrogen (secondary N) is 1. The molecule has 48 heavy (non-hydrogen) atoms. The Morgan fingerprint density at radius 3 is 1.83 bits per heavy atom. The van der Waals surface area contributed by atoms with E-state index in [1.54, 1.807) is 6.33 Å². The van der Waals surface area contributed by atoms with E-state index in [0.717, 1.165) is 47.9 Å². The highest BCUT2D eigenvalue weighted by molar-refractivity contribution is 6.38. The average Bonchev–Trinajstić information content (AvgIpc) is 3.63.